The Labute approximate surface area is 295 Å². The van der Waals surface area contributed by atoms with Crippen molar-refractivity contribution in [3.63, 3.8) is 0 Å². The molecule has 8 rings (SSSR count). The van der Waals surface area contributed by atoms with Crippen LogP contribution in [0.2, 0.25) is 0 Å². The van der Waals surface area contributed by atoms with E-state index in [1.807, 2.05) is 0 Å². The minimum absolute atomic E-state index is 1.18. The van der Waals surface area contributed by atoms with Crippen molar-refractivity contribution in [2.45, 2.75) is 0 Å². The van der Waals surface area contributed by atoms with Gasteiger partial charge in [0.05, 0.1) is 0 Å². The third-order valence-electron chi connectivity index (χ3n) is 9.33. The Morgan fingerprint density at radius 2 is 0.540 bits per heavy atom. The van der Waals surface area contributed by atoms with E-state index in [1.165, 1.54) is 77.6 Å². The van der Waals surface area contributed by atoms with Crippen LogP contribution in [0.15, 0.2) is 206 Å². The van der Waals surface area contributed by atoms with E-state index in [4.69, 9.17) is 0 Å². The van der Waals surface area contributed by atoms with Gasteiger partial charge in [-0.05, 0) is 89.7 Å². The molecule has 0 heteroatoms. The molecule has 0 heterocycles. The molecule has 0 saturated heterocycles. The Bertz CT molecular complexity index is 2140. The normalized spacial score (nSPS) is 10.8. The molecule has 0 aliphatic rings. The Hall–Kier alpha value is -6.50. The fourth-order valence-corrected chi connectivity index (χ4v) is 6.79. The second-order valence-electron chi connectivity index (χ2n) is 12.5. The Kier molecular flexibility index (Phi) is 8.82. The number of rotatable bonds is 8. The van der Waals surface area contributed by atoms with Crippen LogP contribution < -0.4 is 0 Å². The van der Waals surface area contributed by atoms with Crippen molar-refractivity contribution in [1.29, 1.82) is 0 Å². The molecule has 8 aromatic carbocycles. The first-order chi connectivity index (χ1) is 24.8. The molecule has 0 amide bonds. The molecular weight excluding hydrogens is 601 g/mol. The van der Waals surface area contributed by atoms with E-state index in [1.54, 1.807) is 0 Å². The summed E-state index contributed by atoms with van der Waals surface area (Å²) < 4.78 is 0. The second-order valence-corrected chi connectivity index (χ2v) is 12.5. The highest BCUT2D eigenvalue weighted by Crippen LogP contribution is 2.37. The van der Waals surface area contributed by atoms with Crippen molar-refractivity contribution in [3.8, 4) is 22.3 Å². The average molecular weight is 637 g/mol. The molecule has 0 spiro atoms. The van der Waals surface area contributed by atoms with Gasteiger partial charge in [-0.3, -0.25) is 0 Å². The van der Waals surface area contributed by atoms with Crippen molar-refractivity contribution >= 4 is 34.1 Å². The van der Waals surface area contributed by atoms with Crippen LogP contribution in [0.4, 0.5) is 0 Å². The van der Waals surface area contributed by atoms with Crippen LogP contribution in [0.1, 0.15) is 33.4 Å². The molecule has 0 aliphatic heterocycles. The predicted molar refractivity (Wildman–Crippen MR) is 215 cm³/mol. The van der Waals surface area contributed by atoms with Gasteiger partial charge in [-0.2, -0.15) is 0 Å². The smallest absolute Gasteiger partial charge is 0.00992 e. The van der Waals surface area contributed by atoms with E-state index >= 15 is 0 Å². The molecule has 0 radical (unpaired) electrons. The fraction of sp³-hybridized carbons (Fsp3) is 0. The van der Waals surface area contributed by atoms with Gasteiger partial charge in [0.25, 0.3) is 0 Å². The first-order valence-corrected chi connectivity index (χ1v) is 17.2. The third-order valence-corrected chi connectivity index (χ3v) is 9.33. The SMILES string of the molecule is C(=C(c1ccccc1)c1ccccc1)c1ccc(-c2ccc(-c3ccc(C=C(c4ccccc4)c4ccccc4)cc3)c3ccccc23)cc1. The van der Waals surface area contributed by atoms with E-state index in [0.29, 0.717) is 0 Å². The Morgan fingerprint density at radius 1 is 0.260 bits per heavy atom. The summed E-state index contributed by atoms with van der Waals surface area (Å²) in [5, 5.41) is 2.50. The van der Waals surface area contributed by atoms with Crippen LogP contribution >= 0.6 is 0 Å². The lowest BCUT2D eigenvalue weighted by atomic mass is 9.91. The molecule has 0 atom stereocenters. The highest BCUT2D eigenvalue weighted by atomic mass is 14.2. The van der Waals surface area contributed by atoms with Gasteiger partial charge in [0.15, 0.2) is 0 Å². The zero-order valence-corrected chi connectivity index (χ0v) is 27.8. The number of hydrogen-bond donors (Lipinski definition) is 0. The zero-order valence-electron chi connectivity index (χ0n) is 27.8. The Balaban J connectivity index is 1.12. The molecule has 0 saturated carbocycles. The fourth-order valence-electron chi connectivity index (χ4n) is 6.79. The van der Waals surface area contributed by atoms with Gasteiger partial charge in [-0.15, -0.1) is 0 Å². The van der Waals surface area contributed by atoms with Crippen LogP contribution in [0.3, 0.4) is 0 Å². The lowest BCUT2D eigenvalue weighted by Crippen LogP contribution is -1.89. The molecule has 0 unspecified atom stereocenters. The van der Waals surface area contributed by atoms with Gasteiger partial charge >= 0.3 is 0 Å². The predicted octanol–water partition coefficient (Wildman–Crippen LogP) is 13.4. The number of benzene rings is 8. The summed E-state index contributed by atoms with van der Waals surface area (Å²) >= 11 is 0. The zero-order chi connectivity index (χ0) is 33.5. The maximum Gasteiger partial charge on any atom is -0.00992 e. The molecule has 50 heavy (non-hydrogen) atoms. The van der Waals surface area contributed by atoms with Crippen molar-refractivity contribution in [3.05, 3.63) is 240 Å². The van der Waals surface area contributed by atoms with Crippen molar-refractivity contribution in [2.75, 3.05) is 0 Å². The van der Waals surface area contributed by atoms with E-state index in [-0.39, 0.29) is 0 Å². The van der Waals surface area contributed by atoms with Crippen LogP contribution in [0, 0.1) is 0 Å². The monoisotopic (exact) mass is 636 g/mol. The largest absolute Gasteiger partial charge is 0.0622 e. The Morgan fingerprint density at radius 3 is 0.840 bits per heavy atom. The maximum atomic E-state index is 2.29. The number of fused-ring (bicyclic) bond motifs is 1. The molecule has 0 fully saturated rings. The first-order valence-electron chi connectivity index (χ1n) is 17.2. The third kappa shape index (κ3) is 6.61. The summed E-state index contributed by atoms with van der Waals surface area (Å²) in [6.45, 7) is 0. The molecule has 0 bridgehead atoms. The summed E-state index contributed by atoms with van der Waals surface area (Å²) in [4.78, 5) is 0. The average Bonchev–Trinajstić information content (AvgIpc) is 3.20. The van der Waals surface area contributed by atoms with E-state index in [2.05, 4.69) is 218 Å². The number of hydrogen-bond acceptors (Lipinski definition) is 0. The van der Waals surface area contributed by atoms with Gasteiger partial charge in [0.1, 0.15) is 0 Å². The summed E-state index contributed by atoms with van der Waals surface area (Å²) in [5.41, 5.74) is 14.5. The van der Waals surface area contributed by atoms with Crippen LogP contribution in [0.5, 0.6) is 0 Å². The lowest BCUT2D eigenvalue weighted by Gasteiger charge is -2.13. The van der Waals surface area contributed by atoms with Gasteiger partial charge < -0.3 is 0 Å². The van der Waals surface area contributed by atoms with Gasteiger partial charge in [-0.1, -0.05) is 206 Å². The van der Waals surface area contributed by atoms with Gasteiger partial charge in [-0.25, -0.2) is 0 Å². The minimum atomic E-state index is 1.18. The maximum absolute atomic E-state index is 2.29. The molecule has 0 nitrogen and oxygen atoms in total. The summed E-state index contributed by atoms with van der Waals surface area (Å²) in [6, 6.07) is 73.7. The van der Waals surface area contributed by atoms with Crippen LogP contribution in [0.25, 0.3) is 56.3 Å². The van der Waals surface area contributed by atoms with Crippen molar-refractivity contribution in [1.82, 2.24) is 0 Å². The lowest BCUT2D eigenvalue weighted by molar-refractivity contribution is 1.55. The van der Waals surface area contributed by atoms with Gasteiger partial charge in [0.2, 0.25) is 0 Å². The summed E-state index contributed by atoms with van der Waals surface area (Å²) in [7, 11) is 0. The summed E-state index contributed by atoms with van der Waals surface area (Å²) in [6.07, 6.45) is 4.58. The quantitative estimate of drug-likeness (QED) is 0.146. The van der Waals surface area contributed by atoms with Crippen LogP contribution in [-0.4, -0.2) is 0 Å². The minimum Gasteiger partial charge on any atom is -0.0622 e. The molecular formula is C50H36. The van der Waals surface area contributed by atoms with Crippen molar-refractivity contribution < 1.29 is 0 Å². The highest BCUT2D eigenvalue weighted by molar-refractivity contribution is 6.05. The molecule has 0 N–H and O–H groups in total. The second kappa shape index (κ2) is 14.3. The molecule has 236 valence electrons. The van der Waals surface area contributed by atoms with E-state index in [9.17, 15) is 0 Å². The van der Waals surface area contributed by atoms with E-state index < -0.39 is 0 Å². The van der Waals surface area contributed by atoms with E-state index in [0.717, 1.165) is 0 Å². The first kappa shape index (κ1) is 30.8. The topological polar surface area (TPSA) is 0 Å². The summed E-state index contributed by atoms with van der Waals surface area (Å²) in [5.74, 6) is 0. The molecule has 8 aromatic rings. The van der Waals surface area contributed by atoms with Crippen molar-refractivity contribution in [2.24, 2.45) is 0 Å². The molecule has 0 aromatic heterocycles. The van der Waals surface area contributed by atoms with Gasteiger partial charge in [0, 0.05) is 0 Å². The van der Waals surface area contributed by atoms with Crippen LogP contribution in [-0.2, 0) is 0 Å². The standard InChI is InChI=1S/C50H36/c1-5-15-39(16-6-1)49(40-17-7-2-8-18-40)35-37-25-29-43(30-26-37)45-33-34-46(48-24-14-13-23-47(45)48)44-31-27-38(28-32-44)36-50(41-19-9-3-10-20-41)42-21-11-4-12-22-42/h1-36H. The highest BCUT2D eigenvalue weighted by Gasteiger charge is 2.11. The molecule has 0 aliphatic carbocycles.